The van der Waals surface area contributed by atoms with Gasteiger partial charge in [0.1, 0.15) is 11.5 Å². The van der Waals surface area contributed by atoms with E-state index < -0.39 is 0 Å². The molecule has 0 aromatic heterocycles. The van der Waals surface area contributed by atoms with E-state index in [1.807, 2.05) is 42.5 Å². The Bertz CT molecular complexity index is 768. The smallest absolute Gasteiger partial charge is 0.262 e. The van der Waals surface area contributed by atoms with Crippen LogP contribution in [0, 0.1) is 0 Å². The average molecular weight is 434 g/mol. The summed E-state index contributed by atoms with van der Waals surface area (Å²) < 4.78 is 12.2. The molecular formula is C22H28BrNO3. The summed E-state index contributed by atoms with van der Waals surface area (Å²) in [5, 5.41) is 2.84. The minimum Gasteiger partial charge on any atom is -0.494 e. The van der Waals surface area contributed by atoms with Crippen LogP contribution >= 0.6 is 15.9 Å². The highest BCUT2D eigenvalue weighted by atomic mass is 79.9. The summed E-state index contributed by atoms with van der Waals surface area (Å²) in [6.07, 6.45) is 2.09. The van der Waals surface area contributed by atoms with Crippen LogP contribution in [0.25, 0.3) is 0 Å². The van der Waals surface area contributed by atoms with Crippen molar-refractivity contribution in [3.05, 3.63) is 52.5 Å². The van der Waals surface area contributed by atoms with Crippen LogP contribution in [0.15, 0.2) is 46.9 Å². The van der Waals surface area contributed by atoms with E-state index in [4.69, 9.17) is 9.47 Å². The van der Waals surface area contributed by atoms with Crippen molar-refractivity contribution in [1.29, 1.82) is 0 Å². The second-order valence-electron chi connectivity index (χ2n) is 7.46. The number of unbranched alkanes of at least 4 members (excludes halogenated alkanes) is 1. The number of rotatable bonds is 8. The molecule has 2 aromatic carbocycles. The lowest BCUT2D eigenvalue weighted by Gasteiger charge is -2.20. The summed E-state index contributed by atoms with van der Waals surface area (Å²) >= 11 is 3.52. The zero-order valence-electron chi connectivity index (χ0n) is 16.5. The van der Waals surface area contributed by atoms with Gasteiger partial charge in [0.15, 0.2) is 6.61 Å². The zero-order valence-corrected chi connectivity index (χ0v) is 18.1. The lowest BCUT2D eigenvalue weighted by molar-refractivity contribution is -0.118. The Kier molecular flexibility index (Phi) is 7.72. The molecule has 0 radical (unpaired) electrons. The summed E-state index contributed by atoms with van der Waals surface area (Å²) in [6, 6.07) is 13.3. The molecule has 0 bridgehead atoms. The topological polar surface area (TPSA) is 47.6 Å². The van der Waals surface area contributed by atoms with Gasteiger partial charge in [-0.15, -0.1) is 0 Å². The van der Waals surface area contributed by atoms with E-state index in [2.05, 4.69) is 48.9 Å². The van der Waals surface area contributed by atoms with Crippen molar-refractivity contribution < 1.29 is 14.3 Å². The number of nitrogens with one attached hydrogen (secondary N) is 1. The van der Waals surface area contributed by atoms with Gasteiger partial charge in [0.25, 0.3) is 5.91 Å². The molecule has 0 spiro atoms. The van der Waals surface area contributed by atoms with Crippen molar-refractivity contribution in [3.8, 4) is 11.5 Å². The number of hydrogen-bond donors (Lipinski definition) is 1. The van der Waals surface area contributed by atoms with Gasteiger partial charge >= 0.3 is 0 Å². The van der Waals surface area contributed by atoms with Crippen LogP contribution in [0.2, 0.25) is 0 Å². The summed E-state index contributed by atoms with van der Waals surface area (Å²) in [7, 11) is 0. The van der Waals surface area contributed by atoms with Gasteiger partial charge < -0.3 is 14.8 Å². The molecule has 0 unspecified atom stereocenters. The first-order valence-electron chi connectivity index (χ1n) is 9.25. The van der Waals surface area contributed by atoms with E-state index >= 15 is 0 Å². The standard InChI is InChI=1S/C22H28BrNO3/c1-5-6-12-26-18-9-7-8-17(14-18)24-21(25)15-27-20-11-10-16(13-19(20)23)22(2,3)4/h7-11,13-14H,5-6,12,15H2,1-4H3,(H,24,25). The van der Waals surface area contributed by atoms with E-state index in [9.17, 15) is 4.79 Å². The fourth-order valence-electron chi connectivity index (χ4n) is 2.42. The van der Waals surface area contributed by atoms with E-state index in [0.29, 0.717) is 18.0 Å². The average Bonchev–Trinajstić information content (AvgIpc) is 2.60. The predicted molar refractivity (Wildman–Crippen MR) is 114 cm³/mol. The molecule has 0 aliphatic rings. The molecule has 0 heterocycles. The Morgan fingerprint density at radius 3 is 2.56 bits per heavy atom. The molecule has 5 heteroatoms. The molecule has 1 N–H and O–H groups in total. The lowest BCUT2D eigenvalue weighted by Crippen LogP contribution is -2.20. The molecule has 0 fully saturated rings. The van der Waals surface area contributed by atoms with Gasteiger partial charge in [-0.3, -0.25) is 4.79 Å². The second-order valence-corrected chi connectivity index (χ2v) is 8.32. The summed E-state index contributed by atoms with van der Waals surface area (Å²) in [5.41, 5.74) is 1.95. The van der Waals surface area contributed by atoms with Gasteiger partial charge in [0.2, 0.25) is 0 Å². The van der Waals surface area contributed by atoms with Crippen molar-refractivity contribution in [2.45, 2.75) is 46.0 Å². The van der Waals surface area contributed by atoms with E-state index in [0.717, 1.165) is 23.1 Å². The van der Waals surface area contributed by atoms with E-state index in [1.165, 1.54) is 5.56 Å². The highest BCUT2D eigenvalue weighted by molar-refractivity contribution is 9.10. The molecule has 1 amide bonds. The predicted octanol–water partition coefficient (Wildman–Crippen LogP) is 5.94. The van der Waals surface area contributed by atoms with Crippen molar-refractivity contribution in [1.82, 2.24) is 0 Å². The molecule has 27 heavy (non-hydrogen) atoms. The van der Waals surface area contributed by atoms with Crippen LogP contribution < -0.4 is 14.8 Å². The van der Waals surface area contributed by atoms with Gasteiger partial charge in [-0.1, -0.05) is 46.2 Å². The molecular weight excluding hydrogens is 406 g/mol. The summed E-state index contributed by atoms with van der Waals surface area (Å²) in [5.74, 6) is 1.19. The van der Waals surface area contributed by atoms with Crippen LogP contribution in [0.5, 0.6) is 11.5 Å². The van der Waals surface area contributed by atoms with Crippen molar-refractivity contribution >= 4 is 27.5 Å². The first-order chi connectivity index (χ1) is 12.8. The van der Waals surface area contributed by atoms with Crippen LogP contribution in [-0.4, -0.2) is 19.1 Å². The van der Waals surface area contributed by atoms with Crippen LogP contribution in [0.3, 0.4) is 0 Å². The van der Waals surface area contributed by atoms with Crippen molar-refractivity contribution in [2.75, 3.05) is 18.5 Å². The molecule has 0 aliphatic carbocycles. The van der Waals surface area contributed by atoms with Gasteiger partial charge in [0, 0.05) is 11.8 Å². The highest BCUT2D eigenvalue weighted by Gasteiger charge is 2.15. The fourth-order valence-corrected chi connectivity index (χ4v) is 2.92. The van der Waals surface area contributed by atoms with Crippen LogP contribution in [-0.2, 0) is 10.2 Å². The second kappa shape index (κ2) is 9.79. The first kappa shape index (κ1) is 21.3. The number of anilines is 1. The Labute approximate surface area is 170 Å². The third kappa shape index (κ3) is 6.90. The Morgan fingerprint density at radius 2 is 1.89 bits per heavy atom. The summed E-state index contributed by atoms with van der Waals surface area (Å²) in [6.45, 7) is 9.20. The zero-order chi connectivity index (χ0) is 19.9. The number of halogens is 1. The fraction of sp³-hybridized carbons (Fsp3) is 0.409. The Balaban J connectivity index is 1.90. The molecule has 2 aromatic rings. The monoisotopic (exact) mass is 433 g/mol. The maximum atomic E-state index is 12.2. The summed E-state index contributed by atoms with van der Waals surface area (Å²) in [4.78, 5) is 12.2. The Hall–Kier alpha value is -2.01. The van der Waals surface area contributed by atoms with Crippen LogP contribution in [0.4, 0.5) is 5.69 Å². The van der Waals surface area contributed by atoms with E-state index in [1.54, 1.807) is 0 Å². The lowest BCUT2D eigenvalue weighted by atomic mass is 9.87. The van der Waals surface area contributed by atoms with Gasteiger partial charge in [-0.05, 0) is 57.6 Å². The highest BCUT2D eigenvalue weighted by Crippen LogP contribution is 2.31. The minimum absolute atomic E-state index is 0.0582. The molecule has 0 atom stereocenters. The van der Waals surface area contributed by atoms with Crippen LogP contribution in [0.1, 0.15) is 46.1 Å². The third-order valence-corrected chi connectivity index (χ3v) is 4.66. The molecule has 146 valence electrons. The van der Waals surface area contributed by atoms with Gasteiger partial charge in [-0.2, -0.15) is 0 Å². The molecule has 4 nitrogen and oxygen atoms in total. The number of carbonyl (C=O) groups is 1. The number of hydrogen-bond acceptors (Lipinski definition) is 3. The van der Waals surface area contributed by atoms with Crippen molar-refractivity contribution in [2.24, 2.45) is 0 Å². The maximum Gasteiger partial charge on any atom is 0.262 e. The minimum atomic E-state index is -0.215. The molecule has 0 saturated heterocycles. The molecule has 0 saturated carbocycles. The van der Waals surface area contributed by atoms with Gasteiger partial charge in [-0.25, -0.2) is 0 Å². The molecule has 2 rings (SSSR count). The number of carbonyl (C=O) groups excluding carboxylic acids is 1. The van der Waals surface area contributed by atoms with E-state index in [-0.39, 0.29) is 17.9 Å². The quantitative estimate of drug-likeness (QED) is 0.523. The normalized spacial score (nSPS) is 11.1. The largest absolute Gasteiger partial charge is 0.494 e. The molecule has 0 aliphatic heterocycles. The Morgan fingerprint density at radius 1 is 1.11 bits per heavy atom. The number of ether oxygens (including phenoxy) is 2. The third-order valence-electron chi connectivity index (χ3n) is 4.04. The first-order valence-corrected chi connectivity index (χ1v) is 10.0. The van der Waals surface area contributed by atoms with Crippen molar-refractivity contribution in [3.63, 3.8) is 0 Å². The maximum absolute atomic E-state index is 12.2. The SMILES string of the molecule is CCCCOc1cccc(NC(=O)COc2ccc(C(C)(C)C)cc2Br)c1. The number of amides is 1. The van der Waals surface area contributed by atoms with Gasteiger partial charge in [0.05, 0.1) is 11.1 Å². The number of benzene rings is 2.